The maximum atomic E-state index is 12.5. The number of aromatic hydroxyl groups is 1. The molecule has 3 aromatic rings. The standard InChI is InChI=1S/C19H20N2O3Si/c1-25(2,3)17-9-8-12(10-16(17)22)21-19(24)14-11-20-15-7-5-4-6-13(15)18(14)23/h4-11,22H,1-3H3,(H,20,23)(H,21,24). The molecule has 3 N–H and O–H groups in total. The number of aromatic amines is 1. The van der Waals surface area contributed by atoms with E-state index in [1.807, 2.05) is 12.1 Å². The Labute approximate surface area is 146 Å². The molecule has 0 bridgehead atoms. The Morgan fingerprint density at radius 2 is 1.84 bits per heavy atom. The zero-order chi connectivity index (χ0) is 18.2. The van der Waals surface area contributed by atoms with Crippen LogP contribution in [0.4, 0.5) is 5.69 Å². The third-order valence-electron chi connectivity index (χ3n) is 4.10. The molecule has 0 saturated carbocycles. The normalized spacial score (nSPS) is 11.5. The molecule has 1 amide bonds. The van der Waals surface area contributed by atoms with Crippen molar-refractivity contribution in [1.82, 2.24) is 4.98 Å². The van der Waals surface area contributed by atoms with Gasteiger partial charge in [0, 0.05) is 28.9 Å². The van der Waals surface area contributed by atoms with Crippen molar-refractivity contribution in [3.63, 3.8) is 0 Å². The number of para-hydroxylation sites is 1. The van der Waals surface area contributed by atoms with Crippen LogP contribution in [0.1, 0.15) is 10.4 Å². The molecule has 1 heterocycles. The largest absolute Gasteiger partial charge is 0.508 e. The van der Waals surface area contributed by atoms with Gasteiger partial charge in [0.05, 0.1) is 8.07 Å². The Morgan fingerprint density at radius 3 is 2.52 bits per heavy atom. The van der Waals surface area contributed by atoms with Gasteiger partial charge in [-0.1, -0.05) is 37.8 Å². The lowest BCUT2D eigenvalue weighted by molar-refractivity contribution is 0.102. The van der Waals surface area contributed by atoms with Gasteiger partial charge in [0.25, 0.3) is 5.91 Å². The molecule has 3 rings (SSSR count). The maximum absolute atomic E-state index is 12.5. The second-order valence-corrected chi connectivity index (χ2v) is 12.1. The molecular weight excluding hydrogens is 332 g/mol. The van der Waals surface area contributed by atoms with Crippen LogP contribution >= 0.6 is 0 Å². The zero-order valence-corrected chi connectivity index (χ0v) is 15.4. The summed E-state index contributed by atoms with van der Waals surface area (Å²) in [6.45, 7) is 6.40. The zero-order valence-electron chi connectivity index (χ0n) is 14.4. The molecule has 0 unspecified atom stereocenters. The smallest absolute Gasteiger partial charge is 0.261 e. The quantitative estimate of drug-likeness (QED) is 0.634. The molecule has 0 fully saturated rings. The molecule has 128 valence electrons. The van der Waals surface area contributed by atoms with Crippen LogP contribution in [0.15, 0.2) is 53.5 Å². The van der Waals surface area contributed by atoms with Gasteiger partial charge >= 0.3 is 0 Å². The van der Waals surface area contributed by atoms with Crippen molar-refractivity contribution in [2.24, 2.45) is 0 Å². The lowest BCUT2D eigenvalue weighted by Gasteiger charge is -2.18. The van der Waals surface area contributed by atoms with E-state index in [1.165, 1.54) is 12.3 Å². The summed E-state index contributed by atoms with van der Waals surface area (Å²) in [5, 5.41) is 14.3. The van der Waals surface area contributed by atoms with Gasteiger partial charge in [0.15, 0.2) is 0 Å². The van der Waals surface area contributed by atoms with E-state index >= 15 is 0 Å². The minimum atomic E-state index is -1.66. The van der Waals surface area contributed by atoms with Gasteiger partial charge in [-0.15, -0.1) is 0 Å². The van der Waals surface area contributed by atoms with E-state index in [9.17, 15) is 14.7 Å². The molecule has 0 radical (unpaired) electrons. The Bertz CT molecular complexity index is 1020. The summed E-state index contributed by atoms with van der Waals surface area (Å²) < 4.78 is 0. The minimum absolute atomic E-state index is 0.0347. The molecule has 0 aliphatic rings. The summed E-state index contributed by atoms with van der Waals surface area (Å²) in [5.41, 5.74) is 0.848. The second kappa shape index (κ2) is 6.21. The number of phenols is 1. The van der Waals surface area contributed by atoms with Crippen LogP contribution in [0.2, 0.25) is 19.6 Å². The number of hydrogen-bond acceptors (Lipinski definition) is 3. The van der Waals surface area contributed by atoms with Crippen LogP contribution in [-0.2, 0) is 0 Å². The highest BCUT2D eigenvalue weighted by atomic mass is 28.3. The number of H-pyrrole nitrogens is 1. The molecule has 6 heteroatoms. The Hall–Kier alpha value is -2.86. The molecular formula is C19H20N2O3Si. The predicted molar refractivity (Wildman–Crippen MR) is 104 cm³/mol. The fourth-order valence-corrected chi connectivity index (χ4v) is 4.20. The van der Waals surface area contributed by atoms with E-state index in [2.05, 4.69) is 29.9 Å². The number of phenolic OH excluding ortho intramolecular Hbond substituents is 1. The number of rotatable bonds is 3. The van der Waals surface area contributed by atoms with E-state index in [-0.39, 0.29) is 16.7 Å². The minimum Gasteiger partial charge on any atom is -0.508 e. The van der Waals surface area contributed by atoms with Crippen LogP contribution < -0.4 is 15.9 Å². The summed E-state index contributed by atoms with van der Waals surface area (Å²) in [5.74, 6) is -0.337. The number of carbonyl (C=O) groups is 1. The molecule has 2 aromatic carbocycles. The highest BCUT2D eigenvalue weighted by Crippen LogP contribution is 2.19. The third-order valence-corrected chi connectivity index (χ3v) is 6.14. The fourth-order valence-electron chi connectivity index (χ4n) is 2.78. The van der Waals surface area contributed by atoms with Gasteiger partial charge in [-0.05, 0) is 23.4 Å². The molecule has 0 saturated heterocycles. The molecule has 0 spiro atoms. The molecule has 0 aliphatic carbocycles. The number of hydrogen-bond donors (Lipinski definition) is 3. The Morgan fingerprint density at radius 1 is 1.12 bits per heavy atom. The number of anilines is 1. The Kier molecular flexibility index (Phi) is 4.22. The van der Waals surface area contributed by atoms with Crippen molar-refractivity contribution in [2.45, 2.75) is 19.6 Å². The van der Waals surface area contributed by atoms with Crippen LogP contribution in [-0.4, -0.2) is 24.1 Å². The van der Waals surface area contributed by atoms with Gasteiger partial charge in [-0.2, -0.15) is 0 Å². The highest BCUT2D eigenvalue weighted by molar-refractivity contribution is 6.89. The van der Waals surface area contributed by atoms with Crippen molar-refractivity contribution in [3.8, 4) is 5.75 Å². The fraction of sp³-hybridized carbons (Fsp3) is 0.158. The van der Waals surface area contributed by atoms with Crippen LogP contribution in [0.3, 0.4) is 0 Å². The second-order valence-electron chi connectivity index (χ2n) is 7.01. The molecule has 1 aromatic heterocycles. The summed E-state index contributed by atoms with van der Waals surface area (Å²) in [4.78, 5) is 27.9. The lowest BCUT2D eigenvalue weighted by atomic mass is 10.1. The summed E-state index contributed by atoms with van der Waals surface area (Å²) in [6.07, 6.45) is 1.41. The van der Waals surface area contributed by atoms with Gasteiger partial charge in [-0.3, -0.25) is 9.59 Å². The number of benzene rings is 2. The van der Waals surface area contributed by atoms with Crippen molar-refractivity contribution in [3.05, 3.63) is 64.4 Å². The topological polar surface area (TPSA) is 82.2 Å². The van der Waals surface area contributed by atoms with Crippen LogP contribution in [0.5, 0.6) is 5.75 Å². The Balaban J connectivity index is 1.92. The lowest BCUT2D eigenvalue weighted by Crippen LogP contribution is -2.37. The average Bonchev–Trinajstić information content (AvgIpc) is 2.54. The third kappa shape index (κ3) is 3.34. The van der Waals surface area contributed by atoms with Crippen molar-refractivity contribution < 1.29 is 9.90 Å². The number of carbonyl (C=O) groups excluding carboxylic acids is 1. The number of fused-ring (bicyclic) bond motifs is 1. The van der Waals surface area contributed by atoms with Gasteiger partial charge in [0.2, 0.25) is 5.43 Å². The maximum Gasteiger partial charge on any atom is 0.261 e. The van der Waals surface area contributed by atoms with Crippen LogP contribution in [0.25, 0.3) is 10.9 Å². The summed E-state index contributed by atoms with van der Waals surface area (Å²) in [7, 11) is -1.66. The number of aromatic nitrogens is 1. The first-order chi connectivity index (χ1) is 11.8. The van der Waals surface area contributed by atoms with Crippen molar-refractivity contribution >= 4 is 35.8 Å². The van der Waals surface area contributed by atoms with Crippen LogP contribution in [0, 0.1) is 0 Å². The van der Waals surface area contributed by atoms with Crippen molar-refractivity contribution in [2.75, 3.05) is 5.32 Å². The number of amides is 1. The van der Waals surface area contributed by atoms with Gasteiger partial charge in [-0.25, -0.2) is 0 Å². The molecule has 5 nitrogen and oxygen atoms in total. The monoisotopic (exact) mass is 352 g/mol. The first-order valence-electron chi connectivity index (χ1n) is 8.02. The first kappa shape index (κ1) is 17.0. The van der Waals surface area contributed by atoms with E-state index in [1.54, 1.807) is 24.3 Å². The summed E-state index contributed by atoms with van der Waals surface area (Å²) in [6, 6.07) is 12.2. The molecule has 25 heavy (non-hydrogen) atoms. The average molecular weight is 352 g/mol. The SMILES string of the molecule is C[Si](C)(C)c1ccc(NC(=O)c2c[nH]c3ccccc3c2=O)cc1O. The van der Waals surface area contributed by atoms with Crippen molar-refractivity contribution in [1.29, 1.82) is 0 Å². The first-order valence-corrected chi connectivity index (χ1v) is 11.5. The van der Waals surface area contributed by atoms with E-state index in [0.717, 1.165) is 5.19 Å². The van der Waals surface area contributed by atoms with E-state index in [0.29, 0.717) is 16.6 Å². The molecule has 0 atom stereocenters. The summed E-state index contributed by atoms with van der Waals surface area (Å²) >= 11 is 0. The number of nitrogens with one attached hydrogen (secondary N) is 2. The van der Waals surface area contributed by atoms with Gasteiger partial charge < -0.3 is 15.4 Å². The molecule has 0 aliphatic heterocycles. The predicted octanol–water partition coefficient (Wildman–Crippen LogP) is 3.03. The number of pyridine rings is 1. The highest BCUT2D eigenvalue weighted by Gasteiger charge is 2.21. The van der Waals surface area contributed by atoms with Gasteiger partial charge in [0.1, 0.15) is 11.3 Å². The van der Waals surface area contributed by atoms with E-state index in [4.69, 9.17) is 0 Å². The van der Waals surface area contributed by atoms with E-state index < -0.39 is 14.0 Å².